The fourth-order valence-corrected chi connectivity index (χ4v) is 1.79. The van der Waals surface area contributed by atoms with E-state index in [0.29, 0.717) is 0 Å². The normalized spacial score (nSPS) is 20.4. The third kappa shape index (κ3) is 2.50. The molecule has 1 aromatic heterocycles. The summed E-state index contributed by atoms with van der Waals surface area (Å²) in [6.07, 6.45) is 1.55. The van der Waals surface area contributed by atoms with Gasteiger partial charge in [-0.2, -0.15) is 0 Å². The van der Waals surface area contributed by atoms with E-state index in [1.807, 2.05) is 27.7 Å². The Morgan fingerprint density at radius 3 is 2.37 bits per heavy atom. The lowest BCUT2D eigenvalue weighted by atomic mass is 9.79. The van der Waals surface area contributed by atoms with Gasteiger partial charge in [-0.25, -0.2) is 9.78 Å². The van der Waals surface area contributed by atoms with Crippen LogP contribution in [0.5, 0.6) is 0 Å². The zero-order chi connectivity index (χ0) is 14.3. The zero-order valence-corrected chi connectivity index (χ0v) is 11.9. The van der Waals surface area contributed by atoms with Crippen LogP contribution in [0.4, 0.5) is 0 Å². The third-order valence-corrected chi connectivity index (χ3v) is 3.70. The molecule has 0 saturated carbocycles. The number of hydrogen-bond donors (Lipinski definition) is 0. The van der Waals surface area contributed by atoms with Crippen LogP contribution in [0, 0.1) is 0 Å². The van der Waals surface area contributed by atoms with Crippen molar-refractivity contribution in [3.63, 3.8) is 0 Å². The average molecular weight is 263 g/mol. The first-order valence-electron chi connectivity index (χ1n) is 6.17. The molecule has 2 heterocycles. The van der Waals surface area contributed by atoms with Crippen molar-refractivity contribution in [1.29, 1.82) is 0 Å². The van der Waals surface area contributed by atoms with Crippen molar-refractivity contribution in [3.8, 4) is 0 Å². The van der Waals surface area contributed by atoms with Gasteiger partial charge in [-0.1, -0.05) is 0 Å². The van der Waals surface area contributed by atoms with Gasteiger partial charge < -0.3 is 14.0 Å². The molecule has 0 aromatic carbocycles. The second-order valence-corrected chi connectivity index (χ2v) is 5.55. The smallest absolute Gasteiger partial charge is 0.464 e. The molecule has 1 saturated heterocycles. The summed E-state index contributed by atoms with van der Waals surface area (Å²) in [5, 5.41) is 0. The standard InChI is InChI=1S/C13H18BNO4/c1-12(2)13(3,4)19-14(18-12)9-6-7-15-10(8-9)11(16)17-5/h6-8H,1-5H3. The maximum absolute atomic E-state index is 11.5. The molecule has 0 bridgehead atoms. The first-order chi connectivity index (χ1) is 8.77. The molecule has 5 nitrogen and oxygen atoms in total. The molecule has 0 amide bonds. The highest BCUT2D eigenvalue weighted by Crippen LogP contribution is 2.36. The molecule has 0 N–H and O–H groups in total. The van der Waals surface area contributed by atoms with Gasteiger partial charge in [0.15, 0.2) is 0 Å². The molecule has 1 fully saturated rings. The van der Waals surface area contributed by atoms with E-state index in [2.05, 4.69) is 9.72 Å². The van der Waals surface area contributed by atoms with E-state index in [0.717, 1.165) is 5.46 Å². The molecule has 1 aromatic rings. The van der Waals surface area contributed by atoms with E-state index in [9.17, 15) is 4.79 Å². The minimum absolute atomic E-state index is 0.245. The Labute approximate surface area is 113 Å². The molecular weight excluding hydrogens is 245 g/mol. The summed E-state index contributed by atoms with van der Waals surface area (Å²) in [5.74, 6) is -0.474. The lowest BCUT2D eigenvalue weighted by Gasteiger charge is -2.32. The van der Waals surface area contributed by atoms with E-state index < -0.39 is 24.3 Å². The highest BCUT2D eigenvalue weighted by Gasteiger charge is 2.51. The minimum atomic E-state index is -0.503. The fourth-order valence-electron chi connectivity index (χ4n) is 1.79. The van der Waals surface area contributed by atoms with Crippen LogP contribution < -0.4 is 5.46 Å². The van der Waals surface area contributed by atoms with Crippen LogP contribution in [-0.4, -0.2) is 36.4 Å². The third-order valence-electron chi connectivity index (χ3n) is 3.70. The Hall–Kier alpha value is -1.40. The van der Waals surface area contributed by atoms with Crippen LogP contribution in [0.3, 0.4) is 0 Å². The van der Waals surface area contributed by atoms with E-state index in [1.54, 1.807) is 18.3 Å². The van der Waals surface area contributed by atoms with Gasteiger partial charge in [0.25, 0.3) is 0 Å². The molecule has 6 heteroatoms. The molecule has 102 valence electrons. The minimum Gasteiger partial charge on any atom is -0.464 e. The van der Waals surface area contributed by atoms with Gasteiger partial charge in [-0.05, 0) is 45.3 Å². The largest absolute Gasteiger partial charge is 0.494 e. The first kappa shape index (κ1) is 14.0. The number of pyridine rings is 1. The van der Waals surface area contributed by atoms with Crippen molar-refractivity contribution in [2.24, 2.45) is 0 Å². The molecule has 0 unspecified atom stereocenters. The Bertz CT molecular complexity index is 485. The van der Waals surface area contributed by atoms with Gasteiger partial charge >= 0.3 is 13.1 Å². The molecule has 19 heavy (non-hydrogen) atoms. The SMILES string of the molecule is COC(=O)c1cc(B2OC(C)(C)C(C)(C)O2)ccn1. The summed E-state index contributed by atoms with van der Waals surface area (Å²) in [5.41, 5.74) is 0.183. The number of aromatic nitrogens is 1. The van der Waals surface area contributed by atoms with E-state index >= 15 is 0 Å². The van der Waals surface area contributed by atoms with Crippen molar-refractivity contribution < 1.29 is 18.8 Å². The van der Waals surface area contributed by atoms with E-state index in [4.69, 9.17) is 9.31 Å². The van der Waals surface area contributed by atoms with E-state index in [1.165, 1.54) is 7.11 Å². The van der Waals surface area contributed by atoms with Gasteiger partial charge in [0.1, 0.15) is 5.69 Å². The molecule has 1 aliphatic rings. The monoisotopic (exact) mass is 263 g/mol. The second kappa shape index (κ2) is 4.61. The van der Waals surface area contributed by atoms with Gasteiger partial charge in [-0.15, -0.1) is 0 Å². The van der Waals surface area contributed by atoms with Gasteiger partial charge in [0, 0.05) is 6.20 Å². The molecule has 0 atom stereocenters. The number of hydrogen-bond acceptors (Lipinski definition) is 5. The quantitative estimate of drug-likeness (QED) is 0.592. The maximum Gasteiger partial charge on any atom is 0.494 e. The van der Waals surface area contributed by atoms with Crippen LogP contribution >= 0.6 is 0 Å². The molecule has 1 aliphatic heterocycles. The lowest BCUT2D eigenvalue weighted by molar-refractivity contribution is 0.00578. The number of carbonyl (C=O) groups excluding carboxylic acids is 1. The van der Waals surface area contributed by atoms with Crippen LogP contribution in [-0.2, 0) is 14.0 Å². The van der Waals surface area contributed by atoms with Crippen molar-refractivity contribution in [1.82, 2.24) is 4.98 Å². The Balaban J connectivity index is 2.27. The van der Waals surface area contributed by atoms with Crippen LogP contribution in [0.2, 0.25) is 0 Å². The van der Waals surface area contributed by atoms with Crippen LogP contribution in [0.1, 0.15) is 38.2 Å². The summed E-state index contributed by atoms with van der Waals surface area (Å²) in [6.45, 7) is 7.93. The Morgan fingerprint density at radius 2 is 1.84 bits per heavy atom. The van der Waals surface area contributed by atoms with Gasteiger partial charge in [0.05, 0.1) is 18.3 Å². The number of carbonyl (C=O) groups is 1. The Kier molecular flexibility index (Phi) is 3.41. The summed E-state index contributed by atoms with van der Waals surface area (Å²) >= 11 is 0. The summed E-state index contributed by atoms with van der Waals surface area (Å²) in [7, 11) is 0.822. The fraction of sp³-hybridized carbons (Fsp3) is 0.538. The number of ether oxygens (including phenoxy) is 1. The van der Waals surface area contributed by atoms with Crippen LogP contribution in [0.25, 0.3) is 0 Å². The second-order valence-electron chi connectivity index (χ2n) is 5.55. The summed E-state index contributed by atoms with van der Waals surface area (Å²) in [6, 6.07) is 3.41. The first-order valence-corrected chi connectivity index (χ1v) is 6.17. The number of nitrogens with zero attached hydrogens (tertiary/aromatic N) is 1. The summed E-state index contributed by atoms with van der Waals surface area (Å²) in [4.78, 5) is 15.4. The predicted molar refractivity (Wildman–Crippen MR) is 71.3 cm³/mol. The van der Waals surface area contributed by atoms with Gasteiger partial charge in [0.2, 0.25) is 0 Å². The molecule has 0 spiro atoms. The van der Waals surface area contributed by atoms with Gasteiger partial charge in [-0.3, -0.25) is 0 Å². The van der Waals surface area contributed by atoms with Crippen LogP contribution in [0.15, 0.2) is 18.3 Å². The number of methoxy groups -OCH3 is 1. The van der Waals surface area contributed by atoms with E-state index in [-0.39, 0.29) is 5.69 Å². The number of esters is 1. The molecule has 2 rings (SSSR count). The lowest BCUT2D eigenvalue weighted by Crippen LogP contribution is -2.41. The van der Waals surface area contributed by atoms with Crippen molar-refractivity contribution in [2.75, 3.05) is 7.11 Å². The predicted octanol–water partition coefficient (Wildman–Crippen LogP) is 1.17. The zero-order valence-electron chi connectivity index (χ0n) is 11.9. The highest BCUT2D eigenvalue weighted by atomic mass is 16.7. The number of rotatable bonds is 2. The van der Waals surface area contributed by atoms with Crippen molar-refractivity contribution >= 4 is 18.6 Å². The molecule has 0 radical (unpaired) electrons. The Morgan fingerprint density at radius 1 is 1.26 bits per heavy atom. The molecule has 0 aliphatic carbocycles. The van der Waals surface area contributed by atoms with Crippen molar-refractivity contribution in [3.05, 3.63) is 24.0 Å². The highest BCUT2D eigenvalue weighted by molar-refractivity contribution is 6.62. The topological polar surface area (TPSA) is 57.7 Å². The summed E-state index contributed by atoms with van der Waals surface area (Å²) < 4.78 is 16.5. The molecular formula is C13H18BNO4. The average Bonchev–Trinajstić information content (AvgIpc) is 2.58. The van der Waals surface area contributed by atoms with Crippen molar-refractivity contribution in [2.45, 2.75) is 38.9 Å². The maximum atomic E-state index is 11.5.